The standard InChI is InChI=1S/C21H22N4O4/c1-5-25-18-17(20(28)24-21(25)29)15(10-16(23-18)11(2)3)19(27)22-14-8-6-7-13(9-14)12(4)26/h6-11H,5H2,1-4H3,(H,22,27)(H,24,28,29). The molecule has 0 radical (unpaired) electrons. The normalized spacial score (nSPS) is 11.1. The van der Waals surface area contributed by atoms with Gasteiger partial charge in [-0.2, -0.15) is 0 Å². The number of aromatic nitrogens is 3. The highest BCUT2D eigenvalue weighted by atomic mass is 16.2. The maximum atomic E-state index is 13.1. The number of carbonyl (C=O) groups excluding carboxylic acids is 2. The number of H-pyrrole nitrogens is 1. The smallest absolute Gasteiger partial charge is 0.322 e. The van der Waals surface area contributed by atoms with Crippen LogP contribution in [0.1, 0.15) is 60.0 Å². The number of amides is 1. The van der Waals surface area contributed by atoms with Crippen molar-refractivity contribution in [3.8, 4) is 0 Å². The molecule has 0 saturated carbocycles. The van der Waals surface area contributed by atoms with E-state index in [0.29, 0.717) is 23.5 Å². The van der Waals surface area contributed by atoms with Gasteiger partial charge >= 0.3 is 5.69 Å². The van der Waals surface area contributed by atoms with Gasteiger partial charge in [0, 0.05) is 23.5 Å². The fourth-order valence-electron chi connectivity index (χ4n) is 3.08. The molecule has 8 heteroatoms. The first-order valence-corrected chi connectivity index (χ1v) is 9.33. The van der Waals surface area contributed by atoms with Gasteiger partial charge in [-0.05, 0) is 38.0 Å². The summed E-state index contributed by atoms with van der Waals surface area (Å²) in [6, 6.07) is 8.11. The van der Waals surface area contributed by atoms with Crippen molar-refractivity contribution in [2.45, 2.75) is 40.2 Å². The maximum Gasteiger partial charge on any atom is 0.329 e. The third-order valence-corrected chi connectivity index (χ3v) is 4.65. The molecule has 0 atom stereocenters. The van der Waals surface area contributed by atoms with Gasteiger partial charge in [0.25, 0.3) is 11.5 Å². The van der Waals surface area contributed by atoms with E-state index in [1.807, 2.05) is 13.8 Å². The first-order valence-electron chi connectivity index (χ1n) is 9.33. The van der Waals surface area contributed by atoms with E-state index in [0.717, 1.165) is 0 Å². The minimum atomic E-state index is -0.667. The van der Waals surface area contributed by atoms with E-state index in [4.69, 9.17) is 0 Å². The third kappa shape index (κ3) is 3.87. The van der Waals surface area contributed by atoms with E-state index in [9.17, 15) is 19.2 Å². The summed E-state index contributed by atoms with van der Waals surface area (Å²) in [5.74, 6) is -0.667. The SMILES string of the molecule is CCn1c(=O)[nH]c(=O)c2c(C(=O)Nc3cccc(C(C)=O)c3)cc(C(C)C)nc21. The average molecular weight is 394 g/mol. The molecule has 1 aromatic carbocycles. The number of hydrogen-bond donors (Lipinski definition) is 2. The monoisotopic (exact) mass is 394 g/mol. The molecule has 0 fully saturated rings. The Kier molecular flexibility index (Phi) is 5.45. The highest BCUT2D eigenvalue weighted by Gasteiger charge is 2.20. The van der Waals surface area contributed by atoms with Crippen LogP contribution in [-0.4, -0.2) is 26.2 Å². The first kappa shape index (κ1) is 20.2. The molecule has 2 N–H and O–H groups in total. The van der Waals surface area contributed by atoms with Crippen molar-refractivity contribution in [1.82, 2.24) is 14.5 Å². The lowest BCUT2D eigenvalue weighted by Crippen LogP contribution is -2.32. The van der Waals surface area contributed by atoms with E-state index in [-0.39, 0.29) is 28.3 Å². The van der Waals surface area contributed by atoms with Gasteiger partial charge in [0.15, 0.2) is 11.4 Å². The predicted molar refractivity (Wildman–Crippen MR) is 111 cm³/mol. The Labute approximate surface area is 166 Å². The molecule has 150 valence electrons. The molecule has 2 aromatic heterocycles. The topological polar surface area (TPSA) is 114 Å². The molecule has 0 aliphatic rings. The van der Waals surface area contributed by atoms with Crippen molar-refractivity contribution >= 4 is 28.4 Å². The molecule has 0 saturated heterocycles. The predicted octanol–water partition coefficient (Wildman–Crippen LogP) is 2.68. The van der Waals surface area contributed by atoms with Crippen molar-refractivity contribution in [3.63, 3.8) is 0 Å². The van der Waals surface area contributed by atoms with Crippen LogP contribution >= 0.6 is 0 Å². The molecule has 2 heterocycles. The van der Waals surface area contributed by atoms with Crippen LogP contribution < -0.4 is 16.6 Å². The van der Waals surface area contributed by atoms with Gasteiger partial charge in [-0.1, -0.05) is 26.0 Å². The van der Waals surface area contributed by atoms with Crippen LogP contribution in [0.3, 0.4) is 0 Å². The number of fused-ring (bicyclic) bond motifs is 1. The Morgan fingerprint density at radius 2 is 1.93 bits per heavy atom. The van der Waals surface area contributed by atoms with Crippen LogP contribution in [0, 0.1) is 0 Å². The number of hydrogen-bond acceptors (Lipinski definition) is 5. The minimum absolute atomic E-state index is 0.0216. The number of anilines is 1. The number of Topliss-reactive ketones (excluding diaryl/α,β-unsaturated/α-hetero) is 1. The highest BCUT2D eigenvalue weighted by Crippen LogP contribution is 2.21. The molecule has 0 aliphatic carbocycles. The zero-order valence-corrected chi connectivity index (χ0v) is 16.7. The first-order chi connectivity index (χ1) is 13.7. The number of pyridine rings is 1. The van der Waals surface area contributed by atoms with Crippen molar-refractivity contribution in [2.24, 2.45) is 0 Å². The van der Waals surface area contributed by atoms with E-state index in [1.54, 1.807) is 37.3 Å². The highest BCUT2D eigenvalue weighted by molar-refractivity contribution is 6.12. The van der Waals surface area contributed by atoms with Crippen LogP contribution in [0.15, 0.2) is 39.9 Å². The average Bonchev–Trinajstić information content (AvgIpc) is 2.67. The fraction of sp³-hybridized carbons (Fsp3) is 0.286. The summed E-state index contributed by atoms with van der Waals surface area (Å²) in [5, 5.41) is 2.78. The summed E-state index contributed by atoms with van der Waals surface area (Å²) in [5.41, 5.74) is 0.541. The lowest BCUT2D eigenvalue weighted by Gasteiger charge is -2.14. The van der Waals surface area contributed by atoms with E-state index < -0.39 is 17.2 Å². The molecule has 0 unspecified atom stereocenters. The number of ketones is 1. The Bertz CT molecular complexity index is 1240. The molecule has 3 rings (SSSR count). The van der Waals surface area contributed by atoms with Gasteiger partial charge in [0.2, 0.25) is 0 Å². The Balaban J connectivity index is 2.21. The van der Waals surface area contributed by atoms with Crippen molar-refractivity contribution in [2.75, 3.05) is 5.32 Å². The lowest BCUT2D eigenvalue weighted by atomic mass is 10.0. The number of carbonyl (C=O) groups is 2. The summed E-state index contributed by atoms with van der Waals surface area (Å²) in [6.45, 7) is 7.32. The second kappa shape index (κ2) is 7.83. The zero-order valence-electron chi connectivity index (χ0n) is 16.7. The summed E-state index contributed by atoms with van der Waals surface area (Å²) >= 11 is 0. The summed E-state index contributed by atoms with van der Waals surface area (Å²) in [6.07, 6.45) is 0. The molecule has 3 aromatic rings. The zero-order chi connectivity index (χ0) is 21.3. The van der Waals surface area contributed by atoms with Crippen molar-refractivity contribution < 1.29 is 9.59 Å². The van der Waals surface area contributed by atoms with Crippen LogP contribution in [0.4, 0.5) is 5.69 Å². The fourth-order valence-corrected chi connectivity index (χ4v) is 3.08. The maximum absolute atomic E-state index is 13.1. The number of nitrogens with zero attached hydrogens (tertiary/aromatic N) is 2. The van der Waals surface area contributed by atoms with Gasteiger partial charge in [0.05, 0.1) is 10.9 Å². The summed E-state index contributed by atoms with van der Waals surface area (Å²) < 4.78 is 1.33. The van der Waals surface area contributed by atoms with Gasteiger partial charge in [-0.3, -0.25) is 23.9 Å². The second-order valence-electron chi connectivity index (χ2n) is 7.04. The molecule has 0 bridgehead atoms. The molecule has 0 spiro atoms. The van der Waals surface area contributed by atoms with Crippen LogP contribution in [-0.2, 0) is 6.54 Å². The molecule has 29 heavy (non-hydrogen) atoms. The van der Waals surface area contributed by atoms with Crippen LogP contribution in [0.2, 0.25) is 0 Å². The number of aromatic amines is 1. The lowest BCUT2D eigenvalue weighted by molar-refractivity contribution is 0.101. The van der Waals surface area contributed by atoms with Gasteiger partial charge in [-0.15, -0.1) is 0 Å². The summed E-state index contributed by atoms with van der Waals surface area (Å²) in [7, 11) is 0. The van der Waals surface area contributed by atoms with Crippen LogP contribution in [0.25, 0.3) is 11.0 Å². The van der Waals surface area contributed by atoms with Gasteiger partial charge in [0.1, 0.15) is 0 Å². The molecular weight excluding hydrogens is 372 g/mol. The Hall–Kier alpha value is -3.55. The second-order valence-corrected chi connectivity index (χ2v) is 7.04. The van der Waals surface area contributed by atoms with Crippen molar-refractivity contribution in [3.05, 3.63) is 68.0 Å². The summed E-state index contributed by atoms with van der Waals surface area (Å²) in [4.78, 5) is 56.1. The Morgan fingerprint density at radius 1 is 1.21 bits per heavy atom. The third-order valence-electron chi connectivity index (χ3n) is 4.65. The van der Waals surface area contributed by atoms with E-state index in [1.165, 1.54) is 11.5 Å². The quantitative estimate of drug-likeness (QED) is 0.646. The largest absolute Gasteiger partial charge is 0.329 e. The minimum Gasteiger partial charge on any atom is -0.322 e. The van der Waals surface area contributed by atoms with Crippen molar-refractivity contribution in [1.29, 1.82) is 0 Å². The number of aryl methyl sites for hydroxylation is 1. The molecule has 8 nitrogen and oxygen atoms in total. The number of benzene rings is 1. The number of nitrogens with one attached hydrogen (secondary N) is 2. The van der Waals surface area contributed by atoms with E-state index in [2.05, 4.69) is 15.3 Å². The molecule has 1 amide bonds. The van der Waals surface area contributed by atoms with Gasteiger partial charge < -0.3 is 5.32 Å². The Morgan fingerprint density at radius 3 is 2.55 bits per heavy atom. The number of rotatable bonds is 5. The molecular formula is C21H22N4O4. The van der Waals surface area contributed by atoms with E-state index >= 15 is 0 Å². The molecule has 0 aliphatic heterocycles. The van der Waals surface area contributed by atoms with Gasteiger partial charge in [-0.25, -0.2) is 9.78 Å². The van der Waals surface area contributed by atoms with Crippen LogP contribution in [0.5, 0.6) is 0 Å².